The van der Waals surface area contributed by atoms with Gasteiger partial charge in [0, 0.05) is 10.6 Å². The Morgan fingerprint density at radius 2 is 1.84 bits per heavy atom. The summed E-state index contributed by atoms with van der Waals surface area (Å²) in [5.41, 5.74) is 2.79. The van der Waals surface area contributed by atoms with Gasteiger partial charge in [-0.05, 0) is 41.8 Å². The van der Waals surface area contributed by atoms with E-state index in [9.17, 15) is 14.4 Å². The molecule has 0 radical (unpaired) electrons. The number of thiophene rings is 1. The van der Waals surface area contributed by atoms with Crippen LogP contribution in [0.4, 0.5) is 5.69 Å². The molecule has 1 heterocycles. The first kappa shape index (κ1) is 22.0. The van der Waals surface area contributed by atoms with Crippen molar-refractivity contribution >= 4 is 52.6 Å². The molecule has 8 nitrogen and oxygen atoms in total. The highest BCUT2D eigenvalue weighted by Gasteiger charge is 2.16. The molecule has 0 aliphatic heterocycles. The fraction of sp³-hybridized carbons (Fsp3) is 0.0476. The molecule has 2 aromatic carbocycles. The summed E-state index contributed by atoms with van der Waals surface area (Å²) in [7, 11) is 1.42. The van der Waals surface area contributed by atoms with Crippen LogP contribution in [0.1, 0.15) is 15.2 Å². The number of halogens is 1. The number of nitrogens with one attached hydrogen (secondary N) is 2. The molecule has 3 rings (SSSR count). The molecule has 2 amide bonds. The Morgan fingerprint density at radius 3 is 2.58 bits per heavy atom. The first-order chi connectivity index (χ1) is 15.0. The number of hydrogen-bond acceptors (Lipinski definition) is 7. The molecule has 158 valence electrons. The van der Waals surface area contributed by atoms with Gasteiger partial charge in [-0.3, -0.25) is 9.59 Å². The first-order valence-corrected chi connectivity index (χ1v) is 10.1. The summed E-state index contributed by atoms with van der Waals surface area (Å²) < 4.78 is 10.5. The number of hydrazone groups is 1. The van der Waals surface area contributed by atoms with Gasteiger partial charge in [0.2, 0.25) is 0 Å². The van der Waals surface area contributed by atoms with E-state index < -0.39 is 17.8 Å². The van der Waals surface area contributed by atoms with Crippen molar-refractivity contribution in [1.82, 2.24) is 5.43 Å². The summed E-state index contributed by atoms with van der Waals surface area (Å²) in [6.45, 7) is 0. The molecule has 0 atom stereocenters. The molecule has 0 aliphatic carbocycles. The number of para-hydroxylation sites is 1. The fourth-order valence-electron chi connectivity index (χ4n) is 2.39. The largest absolute Gasteiger partial charge is 0.495 e. The Labute approximate surface area is 186 Å². The van der Waals surface area contributed by atoms with E-state index in [1.54, 1.807) is 53.9 Å². The highest BCUT2D eigenvalue weighted by Crippen LogP contribution is 2.27. The van der Waals surface area contributed by atoms with Crippen molar-refractivity contribution in [1.29, 1.82) is 0 Å². The molecular weight excluding hydrogens is 442 g/mol. The molecule has 0 saturated heterocycles. The topological polar surface area (TPSA) is 106 Å². The monoisotopic (exact) mass is 457 g/mol. The van der Waals surface area contributed by atoms with E-state index in [1.165, 1.54) is 30.7 Å². The van der Waals surface area contributed by atoms with Crippen LogP contribution in [0.25, 0.3) is 0 Å². The third-order valence-electron chi connectivity index (χ3n) is 3.83. The Kier molecular flexibility index (Phi) is 7.36. The van der Waals surface area contributed by atoms with Crippen molar-refractivity contribution in [3.63, 3.8) is 0 Å². The predicted molar refractivity (Wildman–Crippen MR) is 118 cm³/mol. The van der Waals surface area contributed by atoms with E-state index in [-0.39, 0.29) is 11.4 Å². The minimum Gasteiger partial charge on any atom is -0.495 e. The van der Waals surface area contributed by atoms with Crippen LogP contribution in [0.2, 0.25) is 5.02 Å². The Bertz CT molecular complexity index is 1130. The maximum absolute atomic E-state index is 12.1. The molecule has 0 bridgehead atoms. The molecule has 0 aliphatic rings. The number of hydrogen-bond donors (Lipinski definition) is 2. The highest BCUT2D eigenvalue weighted by molar-refractivity contribution is 7.12. The number of amides is 2. The standard InChI is InChI=1S/C21H16ClN3O5S/c1-29-17-9-8-14(22)11-15(17)24-19(26)20(27)25-23-12-13-5-2-3-6-16(13)30-21(28)18-7-4-10-31-18/h2-12H,1H3,(H,24,26)(H,25,27)/b23-12+. The SMILES string of the molecule is COc1ccc(Cl)cc1NC(=O)C(=O)N/N=C/c1ccccc1OC(=O)c1cccs1. The van der Waals surface area contributed by atoms with Gasteiger partial charge in [-0.1, -0.05) is 29.8 Å². The van der Waals surface area contributed by atoms with Crippen LogP contribution in [0.15, 0.2) is 65.1 Å². The number of carbonyl (C=O) groups excluding carboxylic acids is 3. The zero-order valence-electron chi connectivity index (χ0n) is 16.1. The molecule has 0 fully saturated rings. The Balaban J connectivity index is 1.63. The van der Waals surface area contributed by atoms with Gasteiger partial charge in [0.1, 0.15) is 16.4 Å². The average Bonchev–Trinajstić information content (AvgIpc) is 3.30. The van der Waals surface area contributed by atoms with E-state index in [0.717, 1.165) is 0 Å². The lowest BCUT2D eigenvalue weighted by molar-refractivity contribution is -0.136. The zero-order valence-corrected chi connectivity index (χ0v) is 17.7. The Morgan fingerprint density at radius 1 is 1.03 bits per heavy atom. The van der Waals surface area contributed by atoms with Crippen LogP contribution in [0, 0.1) is 0 Å². The third kappa shape index (κ3) is 5.91. The van der Waals surface area contributed by atoms with Crippen LogP contribution in [-0.2, 0) is 9.59 Å². The van der Waals surface area contributed by atoms with Gasteiger partial charge in [0.25, 0.3) is 0 Å². The van der Waals surface area contributed by atoms with Crippen molar-refractivity contribution in [3.8, 4) is 11.5 Å². The number of nitrogens with zero attached hydrogens (tertiary/aromatic N) is 1. The maximum Gasteiger partial charge on any atom is 0.353 e. The molecule has 0 saturated carbocycles. The molecule has 31 heavy (non-hydrogen) atoms. The van der Waals surface area contributed by atoms with Gasteiger partial charge < -0.3 is 14.8 Å². The van der Waals surface area contributed by atoms with Crippen LogP contribution in [-0.4, -0.2) is 31.1 Å². The first-order valence-electron chi connectivity index (χ1n) is 8.80. The van der Waals surface area contributed by atoms with Crippen molar-refractivity contribution in [3.05, 3.63) is 75.4 Å². The molecule has 2 N–H and O–H groups in total. The van der Waals surface area contributed by atoms with Crippen LogP contribution < -0.4 is 20.2 Å². The molecule has 0 spiro atoms. The lowest BCUT2D eigenvalue weighted by Gasteiger charge is -2.09. The van der Waals surface area contributed by atoms with E-state index in [4.69, 9.17) is 21.1 Å². The number of methoxy groups -OCH3 is 1. The summed E-state index contributed by atoms with van der Waals surface area (Å²) in [6.07, 6.45) is 1.27. The predicted octanol–water partition coefficient (Wildman–Crippen LogP) is 3.72. The van der Waals surface area contributed by atoms with E-state index in [0.29, 0.717) is 21.2 Å². The van der Waals surface area contributed by atoms with Crippen LogP contribution >= 0.6 is 22.9 Å². The van der Waals surface area contributed by atoms with Crippen molar-refractivity contribution in [2.75, 3.05) is 12.4 Å². The van der Waals surface area contributed by atoms with E-state index in [2.05, 4.69) is 15.8 Å². The van der Waals surface area contributed by atoms with Crippen molar-refractivity contribution in [2.24, 2.45) is 5.10 Å². The second-order valence-electron chi connectivity index (χ2n) is 5.90. The number of benzene rings is 2. The van der Waals surface area contributed by atoms with Gasteiger partial charge in [0.05, 0.1) is 19.0 Å². The van der Waals surface area contributed by atoms with Crippen LogP contribution in [0.3, 0.4) is 0 Å². The van der Waals surface area contributed by atoms with Gasteiger partial charge in [0.15, 0.2) is 0 Å². The minimum absolute atomic E-state index is 0.241. The van der Waals surface area contributed by atoms with Crippen LogP contribution in [0.5, 0.6) is 11.5 Å². The smallest absolute Gasteiger partial charge is 0.353 e. The second kappa shape index (κ2) is 10.4. The molecular formula is C21H16ClN3O5S. The average molecular weight is 458 g/mol. The van der Waals surface area contributed by atoms with Crippen molar-refractivity contribution < 1.29 is 23.9 Å². The summed E-state index contributed by atoms with van der Waals surface area (Å²) >= 11 is 7.16. The molecule has 0 unspecified atom stereocenters. The van der Waals surface area contributed by atoms with Gasteiger partial charge in [-0.25, -0.2) is 10.2 Å². The minimum atomic E-state index is -1.01. The zero-order chi connectivity index (χ0) is 22.2. The number of ether oxygens (including phenoxy) is 2. The highest BCUT2D eigenvalue weighted by atomic mass is 35.5. The second-order valence-corrected chi connectivity index (χ2v) is 7.29. The van der Waals surface area contributed by atoms with Gasteiger partial charge in [-0.15, -0.1) is 11.3 Å². The van der Waals surface area contributed by atoms with Gasteiger partial charge in [-0.2, -0.15) is 5.10 Å². The summed E-state index contributed by atoms with van der Waals surface area (Å²) in [6, 6.07) is 14.6. The molecule has 10 heteroatoms. The van der Waals surface area contributed by atoms with Crippen molar-refractivity contribution in [2.45, 2.75) is 0 Å². The lowest BCUT2D eigenvalue weighted by Crippen LogP contribution is -2.32. The summed E-state index contributed by atoms with van der Waals surface area (Å²) in [5, 5.41) is 8.30. The quantitative estimate of drug-likeness (QED) is 0.193. The third-order valence-corrected chi connectivity index (χ3v) is 4.91. The fourth-order valence-corrected chi connectivity index (χ4v) is 3.16. The molecule has 3 aromatic rings. The van der Waals surface area contributed by atoms with E-state index >= 15 is 0 Å². The number of anilines is 1. The number of rotatable bonds is 6. The Hall–Kier alpha value is -3.69. The summed E-state index contributed by atoms with van der Waals surface area (Å²) in [4.78, 5) is 36.8. The number of carbonyl (C=O) groups is 3. The summed E-state index contributed by atoms with van der Waals surface area (Å²) in [5.74, 6) is -1.88. The normalized spacial score (nSPS) is 10.5. The van der Waals surface area contributed by atoms with Gasteiger partial charge >= 0.3 is 17.8 Å². The molecule has 1 aromatic heterocycles. The number of esters is 1. The maximum atomic E-state index is 12.1. The lowest BCUT2D eigenvalue weighted by atomic mass is 10.2. The van der Waals surface area contributed by atoms with E-state index in [1.807, 2.05) is 0 Å².